The number of thiophene rings is 1. The van der Waals surface area contributed by atoms with E-state index in [1.54, 1.807) is 11.3 Å². The molecule has 2 aromatic heterocycles. The quantitative estimate of drug-likeness (QED) is 0.622. The molecule has 0 saturated carbocycles. The summed E-state index contributed by atoms with van der Waals surface area (Å²) in [6.07, 6.45) is 6.09. The summed E-state index contributed by atoms with van der Waals surface area (Å²) in [5.74, 6) is 5.72. The van der Waals surface area contributed by atoms with Gasteiger partial charge in [0, 0.05) is 23.2 Å². The molecule has 2 heterocycles. The maximum absolute atomic E-state index is 5.72. The van der Waals surface area contributed by atoms with Crippen LogP contribution in [0.2, 0.25) is 0 Å². The van der Waals surface area contributed by atoms with Crippen molar-refractivity contribution in [2.24, 2.45) is 5.84 Å². The molecule has 0 saturated heterocycles. The van der Waals surface area contributed by atoms with Gasteiger partial charge in [-0.3, -0.25) is 10.5 Å². The van der Waals surface area contributed by atoms with Crippen LogP contribution in [0.1, 0.15) is 42.3 Å². The summed E-state index contributed by atoms with van der Waals surface area (Å²) in [6.45, 7) is 5.26. The van der Waals surface area contributed by atoms with E-state index in [1.165, 1.54) is 10.4 Å². The van der Waals surface area contributed by atoms with Crippen molar-refractivity contribution in [2.45, 2.75) is 39.3 Å². The summed E-state index contributed by atoms with van der Waals surface area (Å²) in [5.41, 5.74) is 5.39. The van der Waals surface area contributed by atoms with Crippen LogP contribution in [-0.2, 0) is 13.0 Å². The molecule has 0 aromatic carbocycles. The SMILES string of the molecule is CCCn1cc(C(NN)c2sccc2CC)cn1. The molecule has 0 aliphatic heterocycles. The minimum absolute atomic E-state index is 0.0468. The van der Waals surface area contributed by atoms with Crippen molar-refractivity contribution in [1.82, 2.24) is 15.2 Å². The lowest BCUT2D eigenvalue weighted by Gasteiger charge is -2.14. The Hall–Kier alpha value is -1.17. The van der Waals surface area contributed by atoms with Gasteiger partial charge in [-0.25, -0.2) is 5.43 Å². The van der Waals surface area contributed by atoms with Gasteiger partial charge >= 0.3 is 0 Å². The van der Waals surface area contributed by atoms with Gasteiger partial charge in [0.1, 0.15) is 0 Å². The lowest BCUT2D eigenvalue weighted by molar-refractivity contribution is 0.598. The van der Waals surface area contributed by atoms with Crippen molar-refractivity contribution < 1.29 is 0 Å². The molecule has 0 radical (unpaired) electrons. The average Bonchev–Trinajstić information content (AvgIpc) is 3.00. The van der Waals surface area contributed by atoms with Gasteiger partial charge in [-0.15, -0.1) is 11.3 Å². The van der Waals surface area contributed by atoms with Gasteiger partial charge in [-0.1, -0.05) is 13.8 Å². The van der Waals surface area contributed by atoms with E-state index in [2.05, 4.69) is 42.0 Å². The summed E-state index contributed by atoms with van der Waals surface area (Å²) in [5, 5.41) is 6.49. The standard InChI is InChI=1S/C13H20N4S/c1-3-6-17-9-11(8-15-17)12(16-14)13-10(4-2)5-7-18-13/h5,7-9,12,16H,3-4,6,14H2,1-2H3. The third kappa shape index (κ3) is 2.63. The molecule has 5 heteroatoms. The molecule has 4 nitrogen and oxygen atoms in total. The fraction of sp³-hybridized carbons (Fsp3) is 0.462. The molecule has 0 spiro atoms. The van der Waals surface area contributed by atoms with Gasteiger partial charge in [0.25, 0.3) is 0 Å². The van der Waals surface area contributed by atoms with E-state index in [-0.39, 0.29) is 6.04 Å². The number of nitrogens with one attached hydrogen (secondary N) is 1. The highest BCUT2D eigenvalue weighted by Gasteiger charge is 2.18. The van der Waals surface area contributed by atoms with Crippen LogP contribution in [0, 0.1) is 0 Å². The van der Waals surface area contributed by atoms with Crippen LogP contribution in [0.25, 0.3) is 0 Å². The van der Waals surface area contributed by atoms with Crippen molar-refractivity contribution in [3.63, 3.8) is 0 Å². The predicted octanol–water partition coefficient (Wildman–Crippen LogP) is 2.47. The molecule has 98 valence electrons. The Morgan fingerprint density at radius 1 is 1.50 bits per heavy atom. The molecule has 18 heavy (non-hydrogen) atoms. The average molecular weight is 264 g/mol. The maximum atomic E-state index is 5.72. The summed E-state index contributed by atoms with van der Waals surface area (Å²) < 4.78 is 1.97. The van der Waals surface area contributed by atoms with Crippen molar-refractivity contribution >= 4 is 11.3 Å². The molecule has 3 N–H and O–H groups in total. The first-order valence-corrected chi connectivity index (χ1v) is 7.22. The van der Waals surface area contributed by atoms with E-state index in [0.29, 0.717) is 0 Å². The van der Waals surface area contributed by atoms with Gasteiger partial charge in [-0.05, 0) is 29.9 Å². The second-order valence-electron chi connectivity index (χ2n) is 4.30. The topological polar surface area (TPSA) is 55.9 Å². The van der Waals surface area contributed by atoms with Crippen LogP contribution < -0.4 is 11.3 Å². The summed E-state index contributed by atoms with van der Waals surface area (Å²) in [4.78, 5) is 1.29. The summed E-state index contributed by atoms with van der Waals surface area (Å²) in [6, 6.07) is 2.21. The second-order valence-corrected chi connectivity index (χ2v) is 5.25. The van der Waals surface area contributed by atoms with Crippen LogP contribution in [0.3, 0.4) is 0 Å². The maximum Gasteiger partial charge on any atom is 0.0835 e. The minimum Gasteiger partial charge on any atom is -0.272 e. The molecule has 0 fully saturated rings. The Bertz CT molecular complexity index is 489. The zero-order valence-electron chi connectivity index (χ0n) is 10.9. The number of nitrogens with two attached hydrogens (primary N) is 1. The van der Waals surface area contributed by atoms with Crippen LogP contribution in [0.5, 0.6) is 0 Å². The van der Waals surface area contributed by atoms with E-state index >= 15 is 0 Å². The lowest BCUT2D eigenvalue weighted by atomic mass is 10.1. The molecular weight excluding hydrogens is 244 g/mol. The van der Waals surface area contributed by atoms with Gasteiger partial charge in [0.15, 0.2) is 0 Å². The van der Waals surface area contributed by atoms with E-state index < -0.39 is 0 Å². The smallest absolute Gasteiger partial charge is 0.0835 e. The van der Waals surface area contributed by atoms with Crippen LogP contribution in [0.4, 0.5) is 0 Å². The fourth-order valence-electron chi connectivity index (χ4n) is 2.10. The Balaban J connectivity index is 2.27. The molecule has 0 amide bonds. The third-order valence-electron chi connectivity index (χ3n) is 3.03. The number of aromatic nitrogens is 2. The molecule has 0 aliphatic carbocycles. The van der Waals surface area contributed by atoms with Gasteiger partial charge in [-0.2, -0.15) is 5.10 Å². The molecule has 2 rings (SSSR count). The first kappa shape index (κ1) is 13.3. The van der Waals surface area contributed by atoms with Crippen molar-refractivity contribution in [3.05, 3.63) is 39.8 Å². The van der Waals surface area contributed by atoms with Crippen molar-refractivity contribution in [1.29, 1.82) is 0 Å². The summed E-state index contributed by atoms with van der Waals surface area (Å²) in [7, 11) is 0. The fourth-order valence-corrected chi connectivity index (χ4v) is 3.18. The van der Waals surface area contributed by atoms with Gasteiger partial charge in [0.05, 0.1) is 12.2 Å². The van der Waals surface area contributed by atoms with Gasteiger partial charge < -0.3 is 0 Å². The van der Waals surface area contributed by atoms with Crippen LogP contribution in [0.15, 0.2) is 23.8 Å². The number of rotatable bonds is 6. The highest BCUT2D eigenvalue weighted by Crippen LogP contribution is 2.29. The normalized spacial score (nSPS) is 12.8. The zero-order valence-corrected chi connectivity index (χ0v) is 11.7. The first-order valence-electron chi connectivity index (χ1n) is 6.34. The monoisotopic (exact) mass is 264 g/mol. The van der Waals surface area contributed by atoms with Crippen molar-refractivity contribution in [2.75, 3.05) is 0 Å². The number of nitrogens with zero attached hydrogens (tertiary/aromatic N) is 2. The minimum atomic E-state index is 0.0468. The summed E-state index contributed by atoms with van der Waals surface area (Å²) >= 11 is 1.74. The van der Waals surface area contributed by atoms with E-state index in [1.807, 2.05) is 10.9 Å². The van der Waals surface area contributed by atoms with E-state index in [0.717, 1.165) is 24.9 Å². The Labute approximate surface area is 112 Å². The predicted molar refractivity (Wildman–Crippen MR) is 75.4 cm³/mol. The molecule has 1 unspecified atom stereocenters. The van der Waals surface area contributed by atoms with Crippen molar-refractivity contribution in [3.8, 4) is 0 Å². The Morgan fingerprint density at radius 3 is 3.00 bits per heavy atom. The highest BCUT2D eigenvalue weighted by atomic mass is 32.1. The molecule has 0 bridgehead atoms. The third-order valence-corrected chi connectivity index (χ3v) is 4.05. The molecule has 0 aliphatic rings. The number of hydrogen-bond donors (Lipinski definition) is 2. The number of hydrazine groups is 1. The first-order chi connectivity index (χ1) is 8.80. The number of hydrogen-bond acceptors (Lipinski definition) is 4. The van der Waals surface area contributed by atoms with Gasteiger partial charge in [0.2, 0.25) is 0 Å². The second kappa shape index (κ2) is 6.13. The largest absolute Gasteiger partial charge is 0.272 e. The highest BCUT2D eigenvalue weighted by molar-refractivity contribution is 7.10. The van der Waals surface area contributed by atoms with E-state index in [9.17, 15) is 0 Å². The lowest BCUT2D eigenvalue weighted by Crippen LogP contribution is -2.28. The number of aryl methyl sites for hydroxylation is 2. The zero-order chi connectivity index (χ0) is 13.0. The van der Waals surface area contributed by atoms with E-state index in [4.69, 9.17) is 5.84 Å². The molecule has 2 aromatic rings. The Morgan fingerprint density at radius 2 is 2.33 bits per heavy atom. The van der Waals surface area contributed by atoms with Crippen LogP contribution in [-0.4, -0.2) is 9.78 Å². The molecular formula is C13H20N4S. The van der Waals surface area contributed by atoms with Crippen LogP contribution >= 0.6 is 11.3 Å². The molecule has 1 atom stereocenters. The Kier molecular flexibility index (Phi) is 4.52.